The Morgan fingerprint density at radius 3 is 2.40 bits per heavy atom. The van der Waals surface area contributed by atoms with E-state index in [2.05, 4.69) is 14.8 Å². The number of para-hydroxylation sites is 1. The van der Waals surface area contributed by atoms with Gasteiger partial charge >= 0.3 is 12.6 Å². The Bertz CT molecular complexity index is 773. The molecular weight excluding hydrogens is 332 g/mol. The third-order valence-corrected chi connectivity index (χ3v) is 3.12. The van der Waals surface area contributed by atoms with Crippen LogP contribution >= 0.6 is 0 Å². The van der Waals surface area contributed by atoms with Crippen LogP contribution < -0.4 is 10.1 Å². The van der Waals surface area contributed by atoms with Crippen molar-refractivity contribution >= 4 is 23.6 Å². The zero-order valence-corrected chi connectivity index (χ0v) is 13.2. The molecule has 0 aliphatic heterocycles. The first-order valence-corrected chi connectivity index (χ1v) is 7.21. The number of carbonyl (C=O) groups excluding carboxylic acids is 2. The number of benzene rings is 2. The number of hydrogen-bond donors (Lipinski definition) is 1. The molecule has 25 heavy (non-hydrogen) atoms. The number of hydrogen-bond acceptors (Lipinski definition) is 4. The number of ether oxygens (including phenoxy) is 2. The quantitative estimate of drug-likeness (QED) is 0.639. The summed E-state index contributed by atoms with van der Waals surface area (Å²) in [6.07, 6.45) is 2.57. The molecule has 2 aromatic carbocycles. The van der Waals surface area contributed by atoms with Gasteiger partial charge in [0.15, 0.2) is 0 Å². The van der Waals surface area contributed by atoms with Gasteiger partial charge in [-0.15, -0.1) is 0 Å². The molecule has 0 saturated heterocycles. The van der Waals surface area contributed by atoms with Crippen LogP contribution in [0.15, 0.2) is 54.6 Å². The SMILES string of the molecule is COC(=O)c1ccc(NC(=O)/C=C/c2ccccc2OC(F)F)cc1. The van der Waals surface area contributed by atoms with E-state index in [0.717, 1.165) is 0 Å². The Morgan fingerprint density at radius 1 is 1.08 bits per heavy atom. The normalized spacial score (nSPS) is 10.7. The van der Waals surface area contributed by atoms with Crippen molar-refractivity contribution in [2.24, 2.45) is 0 Å². The second kappa shape index (κ2) is 8.58. The Morgan fingerprint density at radius 2 is 1.76 bits per heavy atom. The Hall–Kier alpha value is -3.22. The van der Waals surface area contributed by atoms with Gasteiger partial charge in [0, 0.05) is 17.3 Å². The molecule has 0 spiro atoms. The number of methoxy groups -OCH3 is 1. The summed E-state index contributed by atoms with van der Waals surface area (Å²) in [7, 11) is 1.28. The molecule has 1 N–H and O–H groups in total. The predicted molar refractivity (Wildman–Crippen MR) is 88.5 cm³/mol. The van der Waals surface area contributed by atoms with Crippen molar-refractivity contribution in [1.29, 1.82) is 0 Å². The molecule has 0 unspecified atom stereocenters. The maximum absolute atomic E-state index is 12.3. The van der Waals surface area contributed by atoms with Crippen LogP contribution in [0, 0.1) is 0 Å². The van der Waals surface area contributed by atoms with Gasteiger partial charge in [0.2, 0.25) is 5.91 Å². The molecule has 130 valence electrons. The Balaban J connectivity index is 2.03. The highest BCUT2D eigenvalue weighted by Crippen LogP contribution is 2.21. The lowest BCUT2D eigenvalue weighted by molar-refractivity contribution is -0.111. The van der Waals surface area contributed by atoms with Gasteiger partial charge in [0.05, 0.1) is 12.7 Å². The number of alkyl halides is 2. The lowest BCUT2D eigenvalue weighted by atomic mass is 10.2. The highest BCUT2D eigenvalue weighted by Gasteiger charge is 2.08. The molecule has 2 aromatic rings. The number of esters is 1. The van der Waals surface area contributed by atoms with E-state index in [1.54, 1.807) is 30.3 Å². The van der Waals surface area contributed by atoms with E-state index in [-0.39, 0.29) is 5.75 Å². The van der Waals surface area contributed by atoms with Crippen molar-refractivity contribution in [1.82, 2.24) is 0 Å². The first kappa shape index (κ1) is 18.1. The van der Waals surface area contributed by atoms with Crippen molar-refractivity contribution in [3.8, 4) is 5.75 Å². The maximum Gasteiger partial charge on any atom is 0.387 e. The van der Waals surface area contributed by atoms with Crippen molar-refractivity contribution < 1.29 is 27.8 Å². The molecule has 0 aromatic heterocycles. The highest BCUT2D eigenvalue weighted by molar-refractivity contribution is 6.02. The largest absolute Gasteiger partial charge is 0.465 e. The van der Waals surface area contributed by atoms with Crippen LogP contribution in [0.5, 0.6) is 5.75 Å². The number of anilines is 1. The van der Waals surface area contributed by atoms with Crippen LogP contribution in [0.25, 0.3) is 6.08 Å². The van der Waals surface area contributed by atoms with E-state index in [4.69, 9.17) is 0 Å². The van der Waals surface area contributed by atoms with Crippen LogP contribution in [0.3, 0.4) is 0 Å². The molecule has 0 heterocycles. The van der Waals surface area contributed by atoms with E-state index in [1.165, 1.54) is 37.5 Å². The second-order valence-electron chi connectivity index (χ2n) is 4.81. The fourth-order valence-corrected chi connectivity index (χ4v) is 1.98. The van der Waals surface area contributed by atoms with Gasteiger partial charge in [-0.1, -0.05) is 18.2 Å². The summed E-state index contributed by atoms with van der Waals surface area (Å²) in [5.74, 6) is -0.963. The van der Waals surface area contributed by atoms with Crippen molar-refractivity contribution in [3.05, 3.63) is 65.7 Å². The first-order chi connectivity index (χ1) is 12.0. The smallest absolute Gasteiger partial charge is 0.387 e. The van der Waals surface area contributed by atoms with Gasteiger partial charge in [0.25, 0.3) is 0 Å². The average molecular weight is 347 g/mol. The molecule has 1 amide bonds. The standard InChI is InChI=1S/C18H15F2NO4/c1-24-17(23)13-6-9-14(10-7-13)21-16(22)11-8-12-4-2-3-5-15(12)25-18(19)20/h2-11,18H,1H3,(H,21,22)/b11-8+. The van der Waals surface area contributed by atoms with Gasteiger partial charge in [-0.25, -0.2) is 4.79 Å². The van der Waals surface area contributed by atoms with Crippen LogP contribution in [0.1, 0.15) is 15.9 Å². The van der Waals surface area contributed by atoms with Gasteiger partial charge in [-0.3, -0.25) is 4.79 Å². The first-order valence-electron chi connectivity index (χ1n) is 7.21. The van der Waals surface area contributed by atoms with Crippen LogP contribution in [-0.4, -0.2) is 25.6 Å². The molecule has 0 radical (unpaired) electrons. The Labute approximate surface area is 142 Å². The molecular formula is C18H15F2NO4. The third kappa shape index (κ3) is 5.42. The van der Waals surface area contributed by atoms with E-state index in [1.807, 2.05) is 0 Å². The van der Waals surface area contributed by atoms with E-state index < -0.39 is 18.5 Å². The molecule has 0 saturated carbocycles. The summed E-state index contributed by atoms with van der Waals surface area (Å²) < 4.78 is 33.6. The average Bonchev–Trinajstić information content (AvgIpc) is 2.60. The molecule has 0 fully saturated rings. The second-order valence-corrected chi connectivity index (χ2v) is 4.81. The minimum atomic E-state index is -2.95. The van der Waals surface area contributed by atoms with Gasteiger partial charge in [-0.05, 0) is 36.4 Å². The summed E-state index contributed by atoms with van der Waals surface area (Å²) in [5, 5.41) is 2.59. The zero-order chi connectivity index (χ0) is 18.2. The number of rotatable bonds is 6. The third-order valence-electron chi connectivity index (χ3n) is 3.12. The number of halogens is 2. The topological polar surface area (TPSA) is 64.6 Å². The molecule has 0 bridgehead atoms. The Kier molecular flexibility index (Phi) is 6.22. The maximum atomic E-state index is 12.3. The summed E-state index contributed by atoms with van der Waals surface area (Å²) >= 11 is 0. The predicted octanol–water partition coefficient (Wildman–Crippen LogP) is 3.73. The summed E-state index contributed by atoms with van der Waals surface area (Å²) in [6.45, 7) is -2.95. The fourth-order valence-electron chi connectivity index (χ4n) is 1.98. The number of nitrogens with one attached hydrogen (secondary N) is 1. The zero-order valence-electron chi connectivity index (χ0n) is 13.2. The molecule has 7 heteroatoms. The fraction of sp³-hybridized carbons (Fsp3) is 0.111. The monoisotopic (exact) mass is 347 g/mol. The molecule has 2 rings (SSSR count). The highest BCUT2D eigenvalue weighted by atomic mass is 19.3. The molecule has 0 aliphatic carbocycles. The minimum absolute atomic E-state index is 0.0241. The van der Waals surface area contributed by atoms with Crippen LogP contribution in [0.4, 0.5) is 14.5 Å². The van der Waals surface area contributed by atoms with E-state index >= 15 is 0 Å². The van der Waals surface area contributed by atoms with E-state index in [0.29, 0.717) is 16.8 Å². The van der Waals surface area contributed by atoms with Gasteiger partial charge < -0.3 is 14.8 Å². The van der Waals surface area contributed by atoms with Crippen molar-refractivity contribution in [2.75, 3.05) is 12.4 Å². The lowest BCUT2D eigenvalue weighted by Crippen LogP contribution is -2.08. The van der Waals surface area contributed by atoms with Crippen molar-refractivity contribution in [3.63, 3.8) is 0 Å². The van der Waals surface area contributed by atoms with Gasteiger partial charge in [-0.2, -0.15) is 8.78 Å². The molecule has 0 atom stereocenters. The summed E-state index contributed by atoms with van der Waals surface area (Å²) in [6, 6.07) is 12.2. The van der Waals surface area contributed by atoms with E-state index in [9.17, 15) is 18.4 Å². The number of amides is 1. The summed E-state index contributed by atoms with van der Waals surface area (Å²) in [5.41, 5.74) is 1.17. The molecule has 0 aliphatic rings. The number of carbonyl (C=O) groups is 2. The molecule has 5 nitrogen and oxygen atoms in total. The minimum Gasteiger partial charge on any atom is -0.465 e. The summed E-state index contributed by atoms with van der Waals surface area (Å²) in [4.78, 5) is 23.2. The van der Waals surface area contributed by atoms with Crippen LogP contribution in [-0.2, 0) is 9.53 Å². The van der Waals surface area contributed by atoms with Gasteiger partial charge in [0.1, 0.15) is 5.75 Å². The van der Waals surface area contributed by atoms with Crippen molar-refractivity contribution in [2.45, 2.75) is 6.61 Å². The van der Waals surface area contributed by atoms with Crippen LogP contribution in [0.2, 0.25) is 0 Å². The lowest BCUT2D eigenvalue weighted by Gasteiger charge is -2.07.